The van der Waals surface area contributed by atoms with Gasteiger partial charge in [0.05, 0.1) is 24.3 Å². The average molecular weight is 272 g/mol. The van der Waals surface area contributed by atoms with Gasteiger partial charge in [-0.1, -0.05) is 15.9 Å². The summed E-state index contributed by atoms with van der Waals surface area (Å²) in [6, 6.07) is 5.21. The van der Waals surface area contributed by atoms with E-state index in [1.807, 2.05) is 12.1 Å². The predicted molar refractivity (Wildman–Crippen MR) is 59.6 cm³/mol. The number of ether oxygens (including phenoxy) is 1. The minimum Gasteiger partial charge on any atom is -0.380 e. The number of hydrogen-bond acceptors (Lipinski definition) is 2. The molecular weight excluding hydrogens is 261 g/mol. The third-order valence-electron chi connectivity index (χ3n) is 3.12. The van der Waals surface area contributed by atoms with Gasteiger partial charge in [0.25, 0.3) is 0 Å². The van der Waals surface area contributed by atoms with Gasteiger partial charge in [0.2, 0.25) is 0 Å². The second-order valence-electron chi connectivity index (χ2n) is 4.44. The second kappa shape index (κ2) is 3.19. The maximum atomic E-state index is 13.6. The quantitative estimate of drug-likeness (QED) is 0.778. The molecule has 1 aromatic carbocycles. The molecule has 2 saturated heterocycles. The summed E-state index contributed by atoms with van der Waals surface area (Å²) in [4.78, 5) is 2.07. The Morgan fingerprint density at radius 1 is 1.33 bits per heavy atom. The van der Waals surface area contributed by atoms with Crippen LogP contribution >= 0.6 is 15.9 Å². The van der Waals surface area contributed by atoms with E-state index in [9.17, 15) is 4.39 Å². The summed E-state index contributed by atoms with van der Waals surface area (Å²) in [7, 11) is 0. The number of anilines is 1. The third kappa shape index (κ3) is 1.47. The van der Waals surface area contributed by atoms with Crippen molar-refractivity contribution in [3.8, 4) is 0 Å². The van der Waals surface area contributed by atoms with Gasteiger partial charge in [0.15, 0.2) is 0 Å². The van der Waals surface area contributed by atoms with E-state index >= 15 is 0 Å². The van der Waals surface area contributed by atoms with Crippen LogP contribution < -0.4 is 4.90 Å². The molecule has 2 fully saturated rings. The maximum absolute atomic E-state index is 13.6. The van der Waals surface area contributed by atoms with Gasteiger partial charge in [0.1, 0.15) is 5.82 Å². The number of halogens is 2. The molecule has 2 aliphatic rings. The summed E-state index contributed by atoms with van der Waals surface area (Å²) < 4.78 is 19.6. The largest absolute Gasteiger partial charge is 0.380 e. The molecular formula is C11H11BrFNO. The summed E-state index contributed by atoms with van der Waals surface area (Å²) >= 11 is 3.25. The van der Waals surface area contributed by atoms with E-state index in [0.717, 1.165) is 30.8 Å². The lowest BCUT2D eigenvalue weighted by atomic mass is 9.78. The molecule has 0 saturated carbocycles. The average Bonchev–Trinajstić information content (AvgIpc) is 2.03. The van der Waals surface area contributed by atoms with E-state index in [-0.39, 0.29) is 5.82 Å². The monoisotopic (exact) mass is 271 g/mol. The molecule has 0 amide bonds. The summed E-state index contributed by atoms with van der Waals surface area (Å²) in [5.74, 6) is -0.153. The van der Waals surface area contributed by atoms with Gasteiger partial charge >= 0.3 is 0 Å². The summed E-state index contributed by atoms with van der Waals surface area (Å²) in [6.07, 6.45) is 0. The first-order valence-corrected chi connectivity index (χ1v) is 5.76. The van der Waals surface area contributed by atoms with Crippen molar-refractivity contribution >= 4 is 21.6 Å². The van der Waals surface area contributed by atoms with Crippen molar-refractivity contribution in [1.29, 1.82) is 0 Å². The highest BCUT2D eigenvalue weighted by atomic mass is 79.9. The van der Waals surface area contributed by atoms with E-state index in [1.165, 1.54) is 6.07 Å². The van der Waals surface area contributed by atoms with Gasteiger partial charge in [-0.15, -0.1) is 0 Å². The van der Waals surface area contributed by atoms with E-state index in [4.69, 9.17) is 4.74 Å². The highest BCUT2D eigenvalue weighted by molar-refractivity contribution is 9.10. The molecule has 0 atom stereocenters. The molecule has 2 aliphatic heterocycles. The number of benzene rings is 1. The van der Waals surface area contributed by atoms with Crippen LogP contribution in [0.15, 0.2) is 22.7 Å². The molecule has 0 aromatic heterocycles. The number of hydrogen-bond donors (Lipinski definition) is 0. The Kier molecular flexibility index (Phi) is 2.04. The van der Waals surface area contributed by atoms with Crippen molar-refractivity contribution in [3.63, 3.8) is 0 Å². The van der Waals surface area contributed by atoms with Crippen LogP contribution in [0.1, 0.15) is 0 Å². The molecule has 1 spiro atoms. The van der Waals surface area contributed by atoms with Crippen molar-refractivity contribution in [2.24, 2.45) is 5.41 Å². The lowest BCUT2D eigenvalue weighted by molar-refractivity contribution is -0.127. The molecule has 80 valence electrons. The first-order valence-electron chi connectivity index (χ1n) is 4.96. The zero-order valence-corrected chi connectivity index (χ0v) is 9.76. The van der Waals surface area contributed by atoms with Gasteiger partial charge in [-0.2, -0.15) is 0 Å². The molecule has 2 nitrogen and oxygen atoms in total. The Bertz CT molecular complexity index is 398. The van der Waals surface area contributed by atoms with Gasteiger partial charge in [-0.3, -0.25) is 0 Å². The Morgan fingerprint density at radius 3 is 2.60 bits per heavy atom. The summed E-state index contributed by atoms with van der Waals surface area (Å²) in [5, 5.41) is 0. The highest BCUT2D eigenvalue weighted by Crippen LogP contribution is 2.41. The normalized spacial score (nSPS) is 22.4. The fraction of sp³-hybridized carbons (Fsp3) is 0.455. The van der Waals surface area contributed by atoms with Crippen LogP contribution in [0.4, 0.5) is 10.1 Å². The van der Waals surface area contributed by atoms with Crippen LogP contribution in [-0.4, -0.2) is 26.3 Å². The standard InChI is InChI=1S/C11H11BrFNO/c12-8-1-2-10(9(13)3-8)14-4-11(5-14)6-15-7-11/h1-3H,4-7H2. The smallest absolute Gasteiger partial charge is 0.147 e. The molecule has 0 aliphatic carbocycles. The number of rotatable bonds is 1. The summed E-state index contributed by atoms with van der Waals surface area (Å²) in [5.41, 5.74) is 1.04. The zero-order chi connectivity index (χ0) is 10.5. The van der Waals surface area contributed by atoms with Crippen LogP contribution in [0.3, 0.4) is 0 Å². The fourth-order valence-corrected chi connectivity index (χ4v) is 2.58. The molecule has 0 bridgehead atoms. The second-order valence-corrected chi connectivity index (χ2v) is 5.36. The first-order chi connectivity index (χ1) is 7.19. The van der Waals surface area contributed by atoms with Crippen LogP contribution in [-0.2, 0) is 4.74 Å². The SMILES string of the molecule is Fc1cc(Br)ccc1N1CC2(COC2)C1. The molecule has 1 aromatic rings. The maximum Gasteiger partial charge on any atom is 0.147 e. The molecule has 0 N–H and O–H groups in total. The van der Waals surface area contributed by atoms with Crippen LogP contribution in [0, 0.1) is 11.2 Å². The molecule has 4 heteroatoms. The Labute approximate surface area is 96.2 Å². The minimum atomic E-state index is -0.153. The zero-order valence-electron chi connectivity index (χ0n) is 8.17. The first kappa shape index (κ1) is 9.60. The van der Waals surface area contributed by atoms with Gasteiger partial charge in [-0.05, 0) is 18.2 Å². The minimum absolute atomic E-state index is 0.153. The Balaban J connectivity index is 1.77. The molecule has 3 rings (SSSR count). The number of nitrogens with zero attached hydrogens (tertiary/aromatic N) is 1. The molecule has 0 radical (unpaired) electrons. The van der Waals surface area contributed by atoms with E-state index in [0.29, 0.717) is 11.1 Å². The van der Waals surface area contributed by atoms with Crippen LogP contribution in [0.25, 0.3) is 0 Å². The fourth-order valence-electron chi connectivity index (χ4n) is 2.24. The van der Waals surface area contributed by atoms with E-state index < -0.39 is 0 Å². The molecule has 0 unspecified atom stereocenters. The van der Waals surface area contributed by atoms with Crippen molar-refractivity contribution in [2.45, 2.75) is 0 Å². The van der Waals surface area contributed by atoms with Crippen LogP contribution in [0.5, 0.6) is 0 Å². The Morgan fingerprint density at radius 2 is 2.07 bits per heavy atom. The third-order valence-corrected chi connectivity index (χ3v) is 3.61. The van der Waals surface area contributed by atoms with Gasteiger partial charge < -0.3 is 9.64 Å². The molecule has 2 heterocycles. The Hall–Kier alpha value is -0.610. The van der Waals surface area contributed by atoms with Gasteiger partial charge in [-0.25, -0.2) is 4.39 Å². The lowest BCUT2D eigenvalue weighted by Crippen LogP contribution is -2.66. The predicted octanol–water partition coefficient (Wildman–Crippen LogP) is 2.42. The lowest BCUT2D eigenvalue weighted by Gasteiger charge is -2.56. The van der Waals surface area contributed by atoms with E-state index in [2.05, 4.69) is 20.8 Å². The van der Waals surface area contributed by atoms with Crippen molar-refractivity contribution < 1.29 is 9.13 Å². The van der Waals surface area contributed by atoms with Crippen LogP contribution in [0.2, 0.25) is 0 Å². The van der Waals surface area contributed by atoms with Crippen molar-refractivity contribution in [3.05, 3.63) is 28.5 Å². The molecule has 15 heavy (non-hydrogen) atoms. The highest BCUT2D eigenvalue weighted by Gasteiger charge is 2.49. The topological polar surface area (TPSA) is 12.5 Å². The van der Waals surface area contributed by atoms with E-state index in [1.54, 1.807) is 0 Å². The van der Waals surface area contributed by atoms with Gasteiger partial charge in [0, 0.05) is 17.6 Å². The van der Waals surface area contributed by atoms with Crippen molar-refractivity contribution in [1.82, 2.24) is 0 Å². The van der Waals surface area contributed by atoms with Crippen molar-refractivity contribution in [2.75, 3.05) is 31.2 Å². The summed E-state index contributed by atoms with van der Waals surface area (Å²) in [6.45, 7) is 3.51.